The maximum absolute atomic E-state index is 2.67. The number of anilines is 3. The summed E-state index contributed by atoms with van der Waals surface area (Å²) in [5, 5.41) is 2.53. The van der Waals surface area contributed by atoms with E-state index >= 15 is 0 Å². The maximum Gasteiger partial charge on any atom is 0.0540 e. The first kappa shape index (κ1) is 36.4. The van der Waals surface area contributed by atoms with Gasteiger partial charge in [-0.05, 0) is 150 Å². The molecule has 4 unspecified atom stereocenters. The number of hydrogen-bond acceptors (Lipinski definition) is 1. The van der Waals surface area contributed by atoms with Crippen molar-refractivity contribution in [3.05, 3.63) is 222 Å². The molecule has 2 spiro atoms. The van der Waals surface area contributed by atoms with Gasteiger partial charge in [0, 0.05) is 27.6 Å². The number of nitrogens with zero attached hydrogens (tertiary/aromatic N) is 1. The molecule has 4 fully saturated rings. The minimum absolute atomic E-state index is 0.0983. The SMILES string of the molecule is CC1(C)c2ccccc2-c2c(-c3ccccc3N(c3ccc4c(c3)C3(c5ccccc5-4)C4CC5CC6CC3C564)c3ccccc3-c3cccc4cccc(-c5ccccc5)c34)cccc21. The molecule has 0 heterocycles. The summed E-state index contributed by atoms with van der Waals surface area (Å²) < 4.78 is 0. The summed E-state index contributed by atoms with van der Waals surface area (Å²) >= 11 is 0. The van der Waals surface area contributed by atoms with Gasteiger partial charge in [-0.2, -0.15) is 0 Å². The lowest BCUT2D eigenvalue weighted by Gasteiger charge is -2.92. The van der Waals surface area contributed by atoms with Gasteiger partial charge in [-0.3, -0.25) is 0 Å². The molecule has 310 valence electrons. The molecular weight excluding hydrogens is 783 g/mol. The zero-order valence-electron chi connectivity index (χ0n) is 36.9. The summed E-state index contributed by atoms with van der Waals surface area (Å²) in [6.45, 7) is 4.79. The number of hydrogen-bond donors (Lipinski definition) is 0. The molecule has 4 saturated carbocycles. The van der Waals surface area contributed by atoms with E-state index in [9.17, 15) is 0 Å². The second-order valence-corrected chi connectivity index (χ2v) is 20.7. The average molecular weight is 832 g/mol. The molecule has 0 N–H and O–H groups in total. The van der Waals surface area contributed by atoms with Crippen LogP contribution in [0.3, 0.4) is 0 Å². The number of rotatable bonds is 6. The van der Waals surface area contributed by atoms with Gasteiger partial charge in [0.2, 0.25) is 0 Å². The molecule has 6 aliphatic carbocycles. The van der Waals surface area contributed by atoms with Crippen molar-refractivity contribution in [2.24, 2.45) is 29.1 Å². The van der Waals surface area contributed by atoms with Crippen molar-refractivity contribution in [1.29, 1.82) is 0 Å². The van der Waals surface area contributed by atoms with Crippen LogP contribution in [0.15, 0.2) is 200 Å². The van der Waals surface area contributed by atoms with Crippen LogP contribution in [0.2, 0.25) is 0 Å². The molecule has 0 aliphatic heterocycles. The Bertz CT molecular complexity index is 3470. The molecule has 0 bridgehead atoms. The third-order valence-electron chi connectivity index (χ3n) is 18.2. The lowest BCUT2D eigenvalue weighted by Crippen LogP contribution is -2.88. The predicted molar refractivity (Wildman–Crippen MR) is 269 cm³/mol. The van der Waals surface area contributed by atoms with E-state index in [1.165, 1.54) is 114 Å². The third kappa shape index (κ3) is 4.32. The van der Waals surface area contributed by atoms with E-state index in [1.807, 2.05) is 0 Å². The Morgan fingerprint density at radius 2 is 0.938 bits per heavy atom. The Morgan fingerprint density at radius 1 is 0.400 bits per heavy atom. The molecule has 9 aromatic rings. The highest BCUT2D eigenvalue weighted by atomic mass is 15.1. The van der Waals surface area contributed by atoms with Crippen LogP contribution >= 0.6 is 0 Å². The Kier molecular flexibility index (Phi) is 7.08. The van der Waals surface area contributed by atoms with Crippen LogP contribution in [0, 0.1) is 29.1 Å². The van der Waals surface area contributed by atoms with Crippen LogP contribution in [0.5, 0.6) is 0 Å². The molecule has 1 heteroatoms. The first-order valence-corrected chi connectivity index (χ1v) is 24.0. The molecule has 9 aromatic carbocycles. The van der Waals surface area contributed by atoms with Crippen molar-refractivity contribution in [1.82, 2.24) is 0 Å². The zero-order chi connectivity index (χ0) is 42.8. The van der Waals surface area contributed by atoms with Crippen molar-refractivity contribution >= 4 is 27.8 Å². The zero-order valence-corrected chi connectivity index (χ0v) is 36.9. The van der Waals surface area contributed by atoms with Gasteiger partial charge in [0.05, 0.1) is 11.4 Å². The molecular formula is C64H49N. The number of fused-ring (bicyclic) bond motifs is 11. The smallest absolute Gasteiger partial charge is 0.0540 e. The highest BCUT2D eigenvalue weighted by Crippen LogP contribution is 2.95. The van der Waals surface area contributed by atoms with Crippen LogP contribution in [-0.2, 0) is 10.8 Å². The van der Waals surface area contributed by atoms with E-state index in [2.05, 4.69) is 219 Å². The van der Waals surface area contributed by atoms with Gasteiger partial charge in [-0.1, -0.05) is 190 Å². The fourth-order valence-electron chi connectivity index (χ4n) is 15.7. The third-order valence-corrected chi connectivity index (χ3v) is 18.2. The van der Waals surface area contributed by atoms with Gasteiger partial charge in [0.1, 0.15) is 0 Å². The Morgan fingerprint density at radius 3 is 1.66 bits per heavy atom. The van der Waals surface area contributed by atoms with Crippen LogP contribution in [0.25, 0.3) is 66.4 Å². The summed E-state index contributed by atoms with van der Waals surface area (Å²) in [4.78, 5) is 2.64. The largest absolute Gasteiger partial charge is 0.309 e. The fourth-order valence-corrected chi connectivity index (χ4v) is 15.7. The molecule has 15 rings (SSSR count). The minimum atomic E-state index is -0.0983. The summed E-state index contributed by atoms with van der Waals surface area (Å²) in [5.74, 6) is 3.43. The Balaban J connectivity index is 0.999. The first-order chi connectivity index (χ1) is 32.0. The van der Waals surface area contributed by atoms with E-state index in [1.54, 1.807) is 11.1 Å². The maximum atomic E-state index is 2.67. The predicted octanol–water partition coefficient (Wildman–Crippen LogP) is 16.6. The van der Waals surface area contributed by atoms with Gasteiger partial charge in [0.15, 0.2) is 0 Å². The van der Waals surface area contributed by atoms with Crippen molar-refractivity contribution in [3.8, 4) is 55.6 Å². The first-order valence-electron chi connectivity index (χ1n) is 24.0. The monoisotopic (exact) mass is 831 g/mol. The van der Waals surface area contributed by atoms with Crippen molar-refractivity contribution < 1.29 is 0 Å². The molecule has 4 atom stereocenters. The van der Waals surface area contributed by atoms with Gasteiger partial charge < -0.3 is 4.90 Å². The molecule has 0 aromatic heterocycles. The molecule has 6 aliphatic rings. The molecule has 0 radical (unpaired) electrons. The summed E-state index contributed by atoms with van der Waals surface area (Å²) in [6, 6.07) is 76.3. The number of para-hydroxylation sites is 2. The molecule has 65 heavy (non-hydrogen) atoms. The van der Waals surface area contributed by atoms with E-state index in [0.717, 1.165) is 23.7 Å². The Labute approximate surface area is 382 Å². The number of benzene rings is 9. The van der Waals surface area contributed by atoms with E-state index < -0.39 is 0 Å². The fraction of sp³-hybridized carbons (Fsp3) is 0.188. The van der Waals surface area contributed by atoms with E-state index in [4.69, 9.17) is 0 Å². The standard InChI is InChI=1S/C64H49N/c1-62(2)52-28-10-7-24-51(52)61-50(27-16-30-54(61)62)48-23-9-13-32-57(48)65(56-31-12-8-22-47(56)49-26-15-20-40-19-14-25-44(60(40)49)39-17-4-3-5-18-39)43-33-34-46-45-21-6-11-29-53(45)64(55(46)38-43)58-36-41-35-42-37-59(64)63(41,42)58/h3-34,38,41-42,58-59H,35-37H2,1-2H3. The summed E-state index contributed by atoms with van der Waals surface area (Å²) in [6.07, 6.45) is 4.26. The van der Waals surface area contributed by atoms with Crippen molar-refractivity contribution in [2.75, 3.05) is 4.90 Å². The summed E-state index contributed by atoms with van der Waals surface area (Å²) in [7, 11) is 0. The van der Waals surface area contributed by atoms with Crippen LogP contribution in [-0.4, -0.2) is 0 Å². The van der Waals surface area contributed by atoms with Crippen LogP contribution in [0.4, 0.5) is 17.1 Å². The molecule has 0 amide bonds. The molecule has 0 saturated heterocycles. The highest BCUT2D eigenvalue weighted by molar-refractivity contribution is 6.09. The second-order valence-electron chi connectivity index (χ2n) is 20.7. The van der Waals surface area contributed by atoms with Crippen LogP contribution in [0.1, 0.15) is 55.4 Å². The highest BCUT2D eigenvalue weighted by Gasteiger charge is 2.90. The Hall–Kier alpha value is -6.96. The minimum Gasteiger partial charge on any atom is -0.309 e. The normalized spacial score (nSPS) is 24.8. The topological polar surface area (TPSA) is 3.24 Å². The second kappa shape index (κ2) is 12.6. The quantitative estimate of drug-likeness (QED) is 0.161. The van der Waals surface area contributed by atoms with Crippen LogP contribution < -0.4 is 4.90 Å². The average Bonchev–Trinajstić information content (AvgIpc) is 3.76. The van der Waals surface area contributed by atoms with E-state index in [0.29, 0.717) is 5.41 Å². The van der Waals surface area contributed by atoms with E-state index in [-0.39, 0.29) is 10.8 Å². The van der Waals surface area contributed by atoms with Gasteiger partial charge in [-0.15, -0.1) is 0 Å². The molecule has 1 nitrogen and oxygen atoms in total. The van der Waals surface area contributed by atoms with Gasteiger partial charge in [-0.25, -0.2) is 0 Å². The van der Waals surface area contributed by atoms with Crippen molar-refractivity contribution in [2.45, 2.75) is 43.9 Å². The van der Waals surface area contributed by atoms with Crippen molar-refractivity contribution in [3.63, 3.8) is 0 Å². The summed E-state index contributed by atoms with van der Waals surface area (Å²) in [5.41, 5.74) is 23.3. The lowest BCUT2D eigenvalue weighted by molar-refractivity contribution is -0.412. The van der Waals surface area contributed by atoms with Gasteiger partial charge >= 0.3 is 0 Å². The lowest BCUT2D eigenvalue weighted by atomic mass is 9.11. The van der Waals surface area contributed by atoms with Gasteiger partial charge in [0.25, 0.3) is 0 Å².